The van der Waals surface area contributed by atoms with Crippen LogP contribution in [0.15, 0.2) is 24.3 Å². The molecule has 1 amide bonds. The second-order valence-corrected chi connectivity index (χ2v) is 6.30. The second kappa shape index (κ2) is 6.57. The van der Waals surface area contributed by atoms with E-state index in [4.69, 9.17) is 0 Å². The summed E-state index contributed by atoms with van der Waals surface area (Å²) in [6, 6.07) is 8.43. The van der Waals surface area contributed by atoms with Crippen molar-refractivity contribution in [2.45, 2.75) is 53.1 Å². The normalized spacial score (nSPS) is 14.0. The van der Waals surface area contributed by atoms with Gasteiger partial charge in [-0.2, -0.15) is 5.10 Å². The van der Waals surface area contributed by atoms with Crippen molar-refractivity contribution >= 4 is 5.91 Å². The van der Waals surface area contributed by atoms with Gasteiger partial charge in [0, 0.05) is 31.7 Å². The molecule has 0 atom stereocenters. The zero-order chi connectivity index (χ0) is 16.4. The van der Waals surface area contributed by atoms with Gasteiger partial charge >= 0.3 is 0 Å². The standard InChI is InChI=1S/C19H25N3O/c1-4-22-15(3)18(14(2)20-22)9-10-19(23)21-12-11-16-7-5-6-8-17(16)13-21/h5-8H,4,9-13H2,1-3H3. The molecule has 4 nitrogen and oxygen atoms in total. The van der Waals surface area contributed by atoms with E-state index < -0.39 is 0 Å². The lowest BCUT2D eigenvalue weighted by Crippen LogP contribution is -2.36. The number of benzene rings is 1. The van der Waals surface area contributed by atoms with Crippen LogP contribution in [0.1, 0.15) is 41.4 Å². The van der Waals surface area contributed by atoms with Crippen LogP contribution in [-0.2, 0) is 30.7 Å². The summed E-state index contributed by atoms with van der Waals surface area (Å²) in [5, 5.41) is 4.54. The van der Waals surface area contributed by atoms with Gasteiger partial charge in [-0.15, -0.1) is 0 Å². The maximum absolute atomic E-state index is 12.6. The van der Waals surface area contributed by atoms with Gasteiger partial charge in [0.05, 0.1) is 5.69 Å². The van der Waals surface area contributed by atoms with E-state index in [9.17, 15) is 4.79 Å². The molecule has 0 aliphatic carbocycles. The van der Waals surface area contributed by atoms with Crippen molar-refractivity contribution in [2.75, 3.05) is 6.54 Å². The number of hydrogen-bond acceptors (Lipinski definition) is 2. The number of rotatable bonds is 4. The first kappa shape index (κ1) is 15.8. The Kier molecular flexibility index (Phi) is 4.51. The van der Waals surface area contributed by atoms with Gasteiger partial charge in [0.25, 0.3) is 0 Å². The Hall–Kier alpha value is -2.10. The molecule has 1 aliphatic rings. The van der Waals surface area contributed by atoms with Crippen molar-refractivity contribution in [1.82, 2.24) is 14.7 Å². The third-order valence-electron chi connectivity index (χ3n) is 4.90. The maximum atomic E-state index is 12.6. The molecule has 2 heterocycles. The van der Waals surface area contributed by atoms with E-state index in [1.54, 1.807) is 0 Å². The third kappa shape index (κ3) is 3.16. The van der Waals surface area contributed by atoms with Gasteiger partial charge in [-0.1, -0.05) is 24.3 Å². The van der Waals surface area contributed by atoms with Crippen molar-refractivity contribution in [1.29, 1.82) is 0 Å². The average Bonchev–Trinajstić information content (AvgIpc) is 2.85. The Morgan fingerprint density at radius 3 is 2.65 bits per heavy atom. The van der Waals surface area contributed by atoms with Crippen molar-refractivity contribution in [3.8, 4) is 0 Å². The van der Waals surface area contributed by atoms with E-state index in [-0.39, 0.29) is 5.91 Å². The van der Waals surface area contributed by atoms with Gasteiger partial charge < -0.3 is 4.90 Å². The highest BCUT2D eigenvalue weighted by Crippen LogP contribution is 2.20. The summed E-state index contributed by atoms with van der Waals surface area (Å²) in [5.74, 6) is 0.252. The predicted octanol–water partition coefficient (Wildman–Crippen LogP) is 3.04. The van der Waals surface area contributed by atoms with Gasteiger partial charge in [0.1, 0.15) is 0 Å². The smallest absolute Gasteiger partial charge is 0.223 e. The molecule has 2 aromatic rings. The molecule has 0 radical (unpaired) electrons. The molecule has 0 N–H and O–H groups in total. The average molecular weight is 311 g/mol. The fraction of sp³-hybridized carbons (Fsp3) is 0.474. The summed E-state index contributed by atoms with van der Waals surface area (Å²) in [6.45, 7) is 8.70. The Balaban J connectivity index is 1.64. The maximum Gasteiger partial charge on any atom is 0.223 e. The molecule has 0 saturated carbocycles. The molecule has 23 heavy (non-hydrogen) atoms. The van der Waals surface area contributed by atoms with E-state index in [2.05, 4.69) is 43.2 Å². The lowest BCUT2D eigenvalue weighted by atomic mass is 9.99. The summed E-state index contributed by atoms with van der Waals surface area (Å²) in [5.41, 5.74) is 6.16. The van der Waals surface area contributed by atoms with Crippen LogP contribution in [0, 0.1) is 13.8 Å². The first-order valence-corrected chi connectivity index (χ1v) is 8.47. The highest BCUT2D eigenvalue weighted by molar-refractivity contribution is 5.77. The minimum absolute atomic E-state index is 0.252. The van der Waals surface area contributed by atoms with Crippen LogP contribution in [0.25, 0.3) is 0 Å². The van der Waals surface area contributed by atoms with E-state index in [0.717, 1.165) is 38.2 Å². The zero-order valence-corrected chi connectivity index (χ0v) is 14.3. The number of aryl methyl sites for hydroxylation is 2. The fourth-order valence-corrected chi connectivity index (χ4v) is 3.50. The molecule has 1 aromatic heterocycles. The Labute approximate surface area is 138 Å². The van der Waals surface area contributed by atoms with Crippen molar-refractivity contribution < 1.29 is 4.79 Å². The molecule has 0 spiro atoms. The summed E-state index contributed by atoms with van der Waals surface area (Å²) in [6.07, 6.45) is 2.32. The number of carbonyl (C=O) groups excluding carboxylic acids is 1. The van der Waals surface area contributed by atoms with Crippen LogP contribution < -0.4 is 0 Å². The minimum Gasteiger partial charge on any atom is -0.338 e. The number of amides is 1. The summed E-state index contributed by atoms with van der Waals surface area (Å²) in [7, 11) is 0. The molecular formula is C19H25N3O. The largest absolute Gasteiger partial charge is 0.338 e. The van der Waals surface area contributed by atoms with Gasteiger partial charge in [-0.25, -0.2) is 0 Å². The quantitative estimate of drug-likeness (QED) is 0.870. The SMILES string of the molecule is CCn1nc(C)c(CCC(=O)N2CCc3ccccc3C2)c1C. The van der Waals surface area contributed by atoms with Crippen LogP contribution in [0.3, 0.4) is 0 Å². The van der Waals surface area contributed by atoms with Crippen LogP contribution in [0.5, 0.6) is 0 Å². The monoisotopic (exact) mass is 311 g/mol. The summed E-state index contributed by atoms with van der Waals surface area (Å²) < 4.78 is 2.02. The lowest BCUT2D eigenvalue weighted by Gasteiger charge is -2.29. The van der Waals surface area contributed by atoms with E-state index in [1.165, 1.54) is 22.4 Å². The number of hydrogen-bond donors (Lipinski definition) is 0. The zero-order valence-electron chi connectivity index (χ0n) is 14.3. The van der Waals surface area contributed by atoms with Gasteiger partial charge in [0.15, 0.2) is 0 Å². The predicted molar refractivity (Wildman–Crippen MR) is 91.3 cm³/mol. The van der Waals surface area contributed by atoms with E-state index in [0.29, 0.717) is 6.42 Å². The topological polar surface area (TPSA) is 38.1 Å². The van der Waals surface area contributed by atoms with Crippen LogP contribution in [0.4, 0.5) is 0 Å². The van der Waals surface area contributed by atoms with Crippen LogP contribution >= 0.6 is 0 Å². The molecule has 1 aliphatic heterocycles. The number of nitrogens with zero attached hydrogens (tertiary/aromatic N) is 3. The number of carbonyl (C=O) groups is 1. The Morgan fingerprint density at radius 2 is 1.96 bits per heavy atom. The Bertz CT molecular complexity index is 717. The second-order valence-electron chi connectivity index (χ2n) is 6.30. The molecule has 3 rings (SSSR count). The fourth-order valence-electron chi connectivity index (χ4n) is 3.50. The van der Waals surface area contributed by atoms with Crippen LogP contribution in [-0.4, -0.2) is 27.1 Å². The molecular weight excluding hydrogens is 286 g/mol. The van der Waals surface area contributed by atoms with E-state index >= 15 is 0 Å². The molecule has 0 saturated heterocycles. The van der Waals surface area contributed by atoms with Crippen molar-refractivity contribution in [3.05, 3.63) is 52.3 Å². The van der Waals surface area contributed by atoms with Crippen molar-refractivity contribution in [2.24, 2.45) is 0 Å². The number of fused-ring (bicyclic) bond motifs is 1. The van der Waals surface area contributed by atoms with E-state index in [1.807, 2.05) is 16.5 Å². The van der Waals surface area contributed by atoms with Gasteiger partial charge in [-0.05, 0) is 50.3 Å². The molecule has 4 heteroatoms. The molecule has 122 valence electrons. The first-order chi connectivity index (χ1) is 11.1. The van der Waals surface area contributed by atoms with Crippen LogP contribution in [0.2, 0.25) is 0 Å². The van der Waals surface area contributed by atoms with Gasteiger partial charge in [-0.3, -0.25) is 9.48 Å². The molecule has 0 fully saturated rings. The Morgan fingerprint density at radius 1 is 1.22 bits per heavy atom. The highest BCUT2D eigenvalue weighted by Gasteiger charge is 2.21. The highest BCUT2D eigenvalue weighted by atomic mass is 16.2. The van der Waals surface area contributed by atoms with Crippen molar-refractivity contribution in [3.63, 3.8) is 0 Å². The lowest BCUT2D eigenvalue weighted by molar-refractivity contribution is -0.132. The summed E-state index contributed by atoms with van der Waals surface area (Å²) >= 11 is 0. The molecule has 0 bridgehead atoms. The third-order valence-corrected chi connectivity index (χ3v) is 4.90. The first-order valence-electron chi connectivity index (χ1n) is 8.47. The van der Waals surface area contributed by atoms with Gasteiger partial charge in [0.2, 0.25) is 5.91 Å². The minimum atomic E-state index is 0.252. The molecule has 1 aromatic carbocycles. The number of aromatic nitrogens is 2. The summed E-state index contributed by atoms with van der Waals surface area (Å²) in [4.78, 5) is 14.6. The molecule has 0 unspecified atom stereocenters.